The summed E-state index contributed by atoms with van der Waals surface area (Å²) in [5.74, 6) is -0.891. The van der Waals surface area contributed by atoms with Gasteiger partial charge in [-0.3, -0.25) is 4.90 Å². The molecule has 0 fully saturated rings. The Morgan fingerprint density at radius 2 is 1.86 bits per heavy atom. The van der Waals surface area contributed by atoms with Gasteiger partial charge in [0.15, 0.2) is 0 Å². The number of nitrogens with zero attached hydrogens (tertiary/aromatic N) is 2. The maximum Gasteiger partial charge on any atom is 0.336 e. The number of carboxylic acid groups (broad SMARTS) is 1. The molecule has 1 aliphatic heterocycles. The van der Waals surface area contributed by atoms with Crippen molar-refractivity contribution in [3.05, 3.63) is 76.5 Å². The summed E-state index contributed by atoms with van der Waals surface area (Å²) in [6.45, 7) is 6.40. The molecule has 0 amide bonds. The largest absolute Gasteiger partial charge is 0.478 e. The number of likely N-dealkylation sites (N-methyl/N-ethyl adjacent to an activating group) is 1. The number of fused-ring (bicyclic) bond motifs is 2. The molecule has 0 spiro atoms. The van der Waals surface area contributed by atoms with Crippen molar-refractivity contribution < 1.29 is 9.90 Å². The van der Waals surface area contributed by atoms with Gasteiger partial charge in [0.1, 0.15) is 0 Å². The number of pyridine rings is 1. The molecule has 0 atom stereocenters. The third kappa shape index (κ3) is 3.66. The van der Waals surface area contributed by atoms with Gasteiger partial charge in [-0.15, -0.1) is 12.4 Å². The summed E-state index contributed by atoms with van der Waals surface area (Å²) in [6, 6.07) is 15.9. The van der Waals surface area contributed by atoms with Gasteiger partial charge in [-0.05, 0) is 36.7 Å². The van der Waals surface area contributed by atoms with Crippen LogP contribution in [0.4, 0.5) is 0 Å². The third-order valence-corrected chi connectivity index (χ3v) is 5.15. The molecule has 2 aromatic carbocycles. The molecular weight excluding hydrogens is 372 g/mol. The fourth-order valence-corrected chi connectivity index (χ4v) is 3.71. The molecule has 0 saturated heterocycles. The molecule has 1 aromatic heterocycles. The van der Waals surface area contributed by atoms with Crippen LogP contribution in [0.2, 0.25) is 0 Å². The fourth-order valence-electron chi connectivity index (χ4n) is 3.71. The highest BCUT2D eigenvalue weighted by molar-refractivity contribution is 6.06. The molecule has 4 rings (SSSR count). The zero-order chi connectivity index (χ0) is 19.0. The van der Waals surface area contributed by atoms with Crippen molar-refractivity contribution >= 4 is 40.9 Å². The van der Waals surface area contributed by atoms with Gasteiger partial charge in [0.05, 0.1) is 16.8 Å². The first kappa shape index (κ1) is 20.1. The van der Waals surface area contributed by atoms with E-state index in [9.17, 15) is 9.90 Å². The van der Waals surface area contributed by atoms with Crippen molar-refractivity contribution in [3.8, 4) is 0 Å². The molecule has 0 aliphatic carbocycles. The van der Waals surface area contributed by atoms with Crippen molar-refractivity contribution in [2.45, 2.75) is 20.4 Å². The normalized spacial score (nSPS) is 15.3. The van der Waals surface area contributed by atoms with Gasteiger partial charge in [-0.25, -0.2) is 9.78 Å². The number of rotatable bonds is 3. The Morgan fingerprint density at radius 3 is 2.54 bits per heavy atom. The lowest BCUT2D eigenvalue weighted by atomic mass is 9.92. The summed E-state index contributed by atoms with van der Waals surface area (Å²) in [5, 5.41) is 10.6. The second kappa shape index (κ2) is 8.13. The summed E-state index contributed by atoms with van der Waals surface area (Å²) in [7, 11) is 0. The Kier molecular flexibility index (Phi) is 5.82. The van der Waals surface area contributed by atoms with Crippen LogP contribution in [-0.4, -0.2) is 34.0 Å². The van der Waals surface area contributed by atoms with Crippen molar-refractivity contribution in [1.29, 1.82) is 0 Å². The number of hydrogen-bond donors (Lipinski definition) is 1. The Balaban J connectivity index is 0.00000225. The second-order valence-electron chi connectivity index (χ2n) is 7.02. The molecule has 2 heterocycles. The number of aromatic nitrogens is 1. The Hall–Kier alpha value is -2.69. The van der Waals surface area contributed by atoms with Crippen molar-refractivity contribution in [2.75, 3.05) is 13.1 Å². The molecule has 28 heavy (non-hydrogen) atoms. The number of carbonyl (C=O) groups is 1. The SMILES string of the molecule is CCN1CC(=Cc2ccc(C)cc2)c2nc3ccccc3c(C(=O)O)c2C1.Cl. The van der Waals surface area contributed by atoms with E-state index >= 15 is 0 Å². The number of para-hydroxylation sites is 1. The van der Waals surface area contributed by atoms with E-state index in [1.54, 1.807) is 0 Å². The molecule has 144 valence electrons. The van der Waals surface area contributed by atoms with E-state index in [1.807, 2.05) is 24.3 Å². The van der Waals surface area contributed by atoms with Gasteiger partial charge < -0.3 is 5.11 Å². The number of aryl methyl sites for hydroxylation is 1. The zero-order valence-electron chi connectivity index (χ0n) is 16.0. The smallest absolute Gasteiger partial charge is 0.336 e. The number of hydrogen-bond acceptors (Lipinski definition) is 3. The highest BCUT2D eigenvalue weighted by atomic mass is 35.5. The van der Waals surface area contributed by atoms with E-state index in [1.165, 1.54) is 5.56 Å². The van der Waals surface area contributed by atoms with Crippen LogP contribution in [0.15, 0.2) is 48.5 Å². The Morgan fingerprint density at radius 1 is 1.14 bits per heavy atom. The predicted molar refractivity (Wildman–Crippen MR) is 116 cm³/mol. The first-order valence-corrected chi connectivity index (χ1v) is 9.21. The minimum absolute atomic E-state index is 0. The van der Waals surface area contributed by atoms with Crippen molar-refractivity contribution in [1.82, 2.24) is 9.88 Å². The van der Waals surface area contributed by atoms with Crippen molar-refractivity contribution in [3.63, 3.8) is 0 Å². The van der Waals surface area contributed by atoms with Crippen molar-refractivity contribution in [2.24, 2.45) is 0 Å². The molecule has 4 nitrogen and oxygen atoms in total. The summed E-state index contributed by atoms with van der Waals surface area (Å²) >= 11 is 0. The molecule has 0 bridgehead atoms. The Bertz CT molecular complexity index is 1060. The monoisotopic (exact) mass is 394 g/mol. The molecule has 0 radical (unpaired) electrons. The summed E-state index contributed by atoms with van der Waals surface area (Å²) < 4.78 is 0. The topological polar surface area (TPSA) is 53.4 Å². The highest BCUT2D eigenvalue weighted by Crippen LogP contribution is 2.33. The van der Waals surface area contributed by atoms with Gasteiger partial charge >= 0.3 is 5.97 Å². The lowest BCUT2D eigenvalue weighted by molar-refractivity contribution is 0.0696. The van der Waals surface area contributed by atoms with Crippen LogP contribution in [0, 0.1) is 6.92 Å². The molecule has 1 aliphatic rings. The van der Waals surface area contributed by atoms with E-state index in [-0.39, 0.29) is 12.4 Å². The number of halogens is 1. The van der Waals surface area contributed by atoms with Gasteiger partial charge in [-0.2, -0.15) is 0 Å². The molecule has 1 N–H and O–H groups in total. The maximum atomic E-state index is 12.1. The molecule has 5 heteroatoms. The minimum atomic E-state index is -0.891. The number of carboxylic acids is 1. The lowest BCUT2D eigenvalue weighted by Gasteiger charge is -2.30. The summed E-state index contributed by atoms with van der Waals surface area (Å²) in [6.07, 6.45) is 2.13. The minimum Gasteiger partial charge on any atom is -0.478 e. The van der Waals surface area contributed by atoms with Gasteiger partial charge in [-0.1, -0.05) is 55.0 Å². The van der Waals surface area contributed by atoms with Crippen LogP contribution in [0.5, 0.6) is 0 Å². The van der Waals surface area contributed by atoms with Crippen LogP contribution in [0.3, 0.4) is 0 Å². The molecule has 0 unspecified atom stereocenters. The number of benzene rings is 2. The summed E-state index contributed by atoms with van der Waals surface area (Å²) in [5.41, 5.74) is 6.12. The third-order valence-electron chi connectivity index (χ3n) is 5.15. The van der Waals surface area contributed by atoms with Crippen LogP contribution in [0.25, 0.3) is 22.6 Å². The molecule has 0 saturated carbocycles. The first-order chi connectivity index (χ1) is 13.1. The predicted octanol–water partition coefficient (Wildman–Crippen LogP) is 5.04. The standard InChI is InChI=1S/C23H22N2O2.ClH/c1-3-25-13-17(12-16-10-8-15(2)9-11-16)22-19(14-25)21(23(26)27)18-6-4-5-7-20(18)24-22;/h4-12H,3,13-14H2,1-2H3,(H,26,27);1H. The lowest BCUT2D eigenvalue weighted by Crippen LogP contribution is -2.31. The van der Waals surface area contributed by atoms with Crippen LogP contribution < -0.4 is 0 Å². The average Bonchev–Trinajstić information content (AvgIpc) is 2.67. The number of aromatic carboxylic acids is 1. The summed E-state index contributed by atoms with van der Waals surface area (Å²) in [4.78, 5) is 19.2. The van der Waals surface area contributed by atoms with Crippen LogP contribution in [0.1, 0.15) is 39.7 Å². The van der Waals surface area contributed by atoms with Gasteiger partial charge in [0.25, 0.3) is 0 Å². The highest BCUT2D eigenvalue weighted by Gasteiger charge is 2.27. The average molecular weight is 395 g/mol. The Labute approximate surface area is 170 Å². The van der Waals surface area contributed by atoms with E-state index < -0.39 is 5.97 Å². The maximum absolute atomic E-state index is 12.1. The molecule has 3 aromatic rings. The molecular formula is C23H23ClN2O2. The van der Waals surface area contributed by atoms with Crippen LogP contribution >= 0.6 is 12.4 Å². The van der Waals surface area contributed by atoms with E-state index in [4.69, 9.17) is 4.98 Å². The zero-order valence-corrected chi connectivity index (χ0v) is 16.8. The van der Waals surface area contributed by atoms with E-state index in [2.05, 4.69) is 49.1 Å². The second-order valence-corrected chi connectivity index (χ2v) is 7.02. The van der Waals surface area contributed by atoms with Gasteiger partial charge in [0, 0.05) is 24.0 Å². The first-order valence-electron chi connectivity index (χ1n) is 9.21. The van der Waals surface area contributed by atoms with E-state index in [0.29, 0.717) is 17.5 Å². The van der Waals surface area contributed by atoms with Gasteiger partial charge in [0.2, 0.25) is 0 Å². The quantitative estimate of drug-likeness (QED) is 0.676. The fraction of sp³-hybridized carbons (Fsp3) is 0.217. The van der Waals surface area contributed by atoms with Crippen LogP contribution in [-0.2, 0) is 6.54 Å². The van der Waals surface area contributed by atoms with E-state index in [0.717, 1.165) is 41.0 Å².